The topological polar surface area (TPSA) is 129 Å². The molecule has 12 heteroatoms. The van der Waals surface area contributed by atoms with Crippen molar-refractivity contribution in [3.05, 3.63) is 70.3 Å². The van der Waals surface area contributed by atoms with E-state index in [1.807, 2.05) is 31.2 Å². The number of fused-ring (bicyclic) bond motifs is 3. The fourth-order valence-corrected chi connectivity index (χ4v) is 6.32. The van der Waals surface area contributed by atoms with Crippen molar-refractivity contribution in [2.45, 2.75) is 25.9 Å². The molecule has 3 aliphatic heterocycles. The van der Waals surface area contributed by atoms with Crippen molar-refractivity contribution < 1.29 is 23.8 Å². The number of nitrogens with one attached hydrogen (secondary N) is 2. The molecule has 2 aromatic carbocycles. The number of β-amino-alcohol motifs (C(OH)–C–C–N with tert-alkyl or cyclic N) is 1. The number of hydrogen-bond donors (Lipinski definition) is 3. The summed E-state index contributed by atoms with van der Waals surface area (Å²) in [5, 5.41) is 22.1. The quantitative estimate of drug-likeness (QED) is 0.297. The molecule has 3 N–H and O–H groups in total. The number of rotatable bonds is 6. The summed E-state index contributed by atoms with van der Waals surface area (Å²) in [6.07, 6.45) is 2.40. The monoisotopic (exact) mass is 585 g/mol. The number of amides is 2. The zero-order chi connectivity index (χ0) is 29.7. The second kappa shape index (κ2) is 11.0. The van der Waals surface area contributed by atoms with Crippen molar-refractivity contribution in [3.63, 3.8) is 0 Å². The van der Waals surface area contributed by atoms with E-state index in [1.54, 1.807) is 11.0 Å². The summed E-state index contributed by atoms with van der Waals surface area (Å²) in [4.78, 5) is 34.2. The molecule has 43 heavy (non-hydrogen) atoms. The molecule has 0 bridgehead atoms. The second-order valence-corrected chi connectivity index (χ2v) is 11.3. The number of carbonyl (C=O) groups excluding carboxylic acids is 2. The maximum atomic E-state index is 15.0. The summed E-state index contributed by atoms with van der Waals surface area (Å²) < 4.78 is 21.9. The van der Waals surface area contributed by atoms with E-state index >= 15 is 0 Å². The minimum atomic E-state index is -0.672. The lowest BCUT2D eigenvalue weighted by Crippen LogP contribution is -2.46. The van der Waals surface area contributed by atoms with Crippen molar-refractivity contribution >= 4 is 40.2 Å². The Morgan fingerprint density at radius 1 is 1.14 bits per heavy atom. The number of anilines is 1. The Morgan fingerprint density at radius 3 is 2.79 bits per heavy atom. The van der Waals surface area contributed by atoms with Gasteiger partial charge in [0.05, 0.1) is 47.3 Å². The van der Waals surface area contributed by atoms with Crippen LogP contribution in [0.25, 0.3) is 28.4 Å². The van der Waals surface area contributed by atoms with Crippen LogP contribution in [0, 0.1) is 12.7 Å². The number of nitrogens with zero attached hydrogens (tertiary/aromatic N) is 5. The first kappa shape index (κ1) is 27.4. The number of halogens is 1. The van der Waals surface area contributed by atoms with E-state index < -0.39 is 11.9 Å². The summed E-state index contributed by atoms with van der Waals surface area (Å²) >= 11 is 0. The zero-order valence-electron chi connectivity index (χ0n) is 23.8. The lowest BCUT2D eigenvalue weighted by molar-refractivity contribution is -0.110. The molecular formula is C31H32FN7O4. The summed E-state index contributed by atoms with van der Waals surface area (Å²) in [5.74, 6) is -1.04. The van der Waals surface area contributed by atoms with Gasteiger partial charge in [0.15, 0.2) is 0 Å². The number of carbonyl (C=O) groups is 2. The molecule has 1 saturated heterocycles. The number of aliphatic hydroxyl groups excluding tert-OH is 1. The largest absolute Gasteiger partial charge is 0.390 e. The van der Waals surface area contributed by atoms with E-state index in [4.69, 9.17) is 4.74 Å². The molecule has 5 heterocycles. The van der Waals surface area contributed by atoms with Gasteiger partial charge in [0.25, 0.3) is 11.8 Å². The number of ether oxygens (including phenoxy) is 1. The molecule has 0 radical (unpaired) electrons. The van der Waals surface area contributed by atoms with Gasteiger partial charge >= 0.3 is 0 Å². The highest BCUT2D eigenvalue weighted by Crippen LogP contribution is 2.39. The number of aromatic nitrogens is 4. The van der Waals surface area contributed by atoms with E-state index in [1.165, 1.54) is 16.8 Å². The molecule has 4 aromatic rings. The molecule has 3 aliphatic rings. The predicted octanol–water partition coefficient (Wildman–Crippen LogP) is 2.77. The highest BCUT2D eigenvalue weighted by molar-refractivity contribution is 6.35. The highest BCUT2D eigenvalue weighted by Gasteiger charge is 2.32. The first-order valence-electron chi connectivity index (χ1n) is 14.5. The molecule has 222 valence electrons. The van der Waals surface area contributed by atoms with Gasteiger partial charge in [0, 0.05) is 55.7 Å². The van der Waals surface area contributed by atoms with Gasteiger partial charge in [-0.05, 0) is 49.6 Å². The molecule has 7 rings (SSSR count). The third kappa shape index (κ3) is 5.01. The van der Waals surface area contributed by atoms with Crippen LogP contribution in [0.5, 0.6) is 0 Å². The average Bonchev–Trinajstić information content (AvgIpc) is 3.62. The maximum absolute atomic E-state index is 15.0. The van der Waals surface area contributed by atoms with Crippen LogP contribution in [0.3, 0.4) is 0 Å². The molecule has 2 amide bonds. The molecule has 11 nitrogen and oxygen atoms in total. The van der Waals surface area contributed by atoms with E-state index in [-0.39, 0.29) is 23.9 Å². The first-order chi connectivity index (χ1) is 20.9. The van der Waals surface area contributed by atoms with Crippen LogP contribution >= 0.6 is 0 Å². The molecule has 0 saturated carbocycles. The van der Waals surface area contributed by atoms with Crippen molar-refractivity contribution in [1.82, 2.24) is 29.8 Å². The molecule has 0 unspecified atom stereocenters. The van der Waals surface area contributed by atoms with Crippen molar-refractivity contribution in [2.24, 2.45) is 0 Å². The molecule has 0 aliphatic carbocycles. The van der Waals surface area contributed by atoms with Crippen molar-refractivity contribution in [1.29, 1.82) is 0 Å². The van der Waals surface area contributed by atoms with Gasteiger partial charge in [0.1, 0.15) is 11.3 Å². The number of morpholine rings is 1. The van der Waals surface area contributed by atoms with Crippen molar-refractivity contribution in [2.75, 3.05) is 51.3 Å². The van der Waals surface area contributed by atoms with Gasteiger partial charge in [-0.15, -0.1) is 5.10 Å². The Balaban J connectivity index is 1.19. The van der Waals surface area contributed by atoms with Crippen LogP contribution < -0.4 is 5.32 Å². The Morgan fingerprint density at radius 2 is 1.95 bits per heavy atom. The van der Waals surface area contributed by atoms with Crippen LogP contribution in [0.2, 0.25) is 0 Å². The lowest BCUT2D eigenvalue weighted by atomic mass is 10.0. The Kier molecular flexibility index (Phi) is 7.04. The fraction of sp³-hybridized carbons (Fsp3) is 0.355. The molecular weight excluding hydrogens is 553 g/mol. The van der Waals surface area contributed by atoms with Crippen molar-refractivity contribution in [3.8, 4) is 5.69 Å². The zero-order valence-corrected chi connectivity index (χ0v) is 23.8. The van der Waals surface area contributed by atoms with E-state index in [0.29, 0.717) is 77.5 Å². The van der Waals surface area contributed by atoms with Crippen LogP contribution in [0.1, 0.15) is 39.3 Å². The minimum Gasteiger partial charge on any atom is -0.390 e. The summed E-state index contributed by atoms with van der Waals surface area (Å²) in [6.45, 7) is 5.95. The van der Waals surface area contributed by atoms with E-state index in [9.17, 15) is 19.1 Å². The van der Waals surface area contributed by atoms with Crippen LogP contribution in [-0.2, 0) is 16.0 Å². The number of H-pyrrole nitrogens is 1. The summed E-state index contributed by atoms with van der Waals surface area (Å²) in [5.41, 5.74) is 5.53. The van der Waals surface area contributed by atoms with Crippen LogP contribution in [0.4, 0.5) is 10.1 Å². The van der Waals surface area contributed by atoms with Gasteiger partial charge in [0.2, 0.25) is 0 Å². The Bertz CT molecular complexity index is 1770. The SMILES string of the molecule is Cc1c(C=C2C(=O)Nc3c2cc(F)cc3-n2nnc3ccccc32)[nH]c2c1C(=O)N(C[C@@H](O)CN1CCOCC1)CCC2. The molecule has 0 spiro atoms. The number of aryl methyl sites for hydroxylation is 1. The number of hydrogen-bond acceptors (Lipinski definition) is 7. The summed E-state index contributed by atoms with van der Waals surface area (Å²) in [7, 11) is 0. The van der Waals surface area contributed by atoms with Gasteiger partial charge in [-0.1, -0.05) is 17.3 Å². The van der Waals surface area contributed by atoms with Gasteiger partial charge < -0.3 is 25.0 Å². The molecule has 1 atom stereocenters. The van der Waals surface area contributed by atoms with E-state index in [0.717, 1.165) is 25.2 Å². The normalized spacial score (nSPS) is 19.0. The highest BCUT2D eigenvalue weighted by atomic mass is 19.1. The number of aliphatic hydroxyl groups is 1. The standard InChI is InChI=1S/C31H32FN7O4/c1-18-25(33-24-6-4-8-38(31(42)28(18)24)17-20(40)16-37-9-11-43-12-10-37)15-22-21-13-19(32)14-27(29(21)34-30(22)41)39-26-7-3-2-5-23(26)35-36-39/h2-3,5,7,13-15,20,33,40H,4,6,8-12,16-17H2,1H3,(H,34,41)/t20-/m0/s1. The second-order valence-electron chi connectivity index (χ2n) is 11.3. The third-order valence-corrected chi connectivity index (χ3v) is 8.45. The number of para-hydroxylation sites is 1. The number of benzene rings is 2. The lowest BCUT2D eigenvalue weighted by Gasteiger charge is -2.31. The number of aromatic amines is 1. The minimum absolute atomic E-state index is 0.144. The Labute approximate surface area is 246 Å². The van der Waals surface area contributed by atoms with Crippen LogP contribution in [0.15, 0.2) is 36.4 Å². The van der Waals surface area contributed by atoms with Gasteiger partial charge in [-0.25, -0.2) is 9.07 Å². The Hall–Kier alpha value is -4.39. The van der Waals surface area contributed by atoms with Gasteiger partial charge in [-0.3, -0.25) is 14.5 Å². The molecule has 2 aromatic heterocycles. The smallest absolute Gasteiger partial charge is 0.256 e. The predicted molar refractivity (Wildman–Crippen MR) is 158 cm³/mol. The fourth-order valence-electron chi connectivity index (χ4n) is 6.32. The maximum Gasteiger partial charge on any atom is 0.256 e. The van der Waals surface area contributed by atoms with Gasteiger partial charge in [-0.2, -0.15) is 0 Å². The summed E-state index contributed by atoms with van der Waals surface area (Å²) in [6, 6.07) is 9.99. The van der Waals surface area contributed by atoms with Crippen LogP contribution in [-0.4, -0.2) is 98.7 Å². The average molecular weight is 586 g/mol. The third-order valence-electron chi connectivity index (χ3n) is 8.45. The first-order valence-corrected chi connectivity index (χ1v) is 14.5. The van der Waals surface area contributed by atoms with E-state index in [2.05, 4.69) is 25.5 Å². The molecule has 1 fully saturated rings.